The fourth-order valence-electron chi connectivity index (χ4n) is 2.14. The van der Waals surface area contributed by atoms with Gasteiger partial charge in [-0.2, -0.15) is 18.2 Å². The van der Waals surface area contributed by atoms with Crippen LogP contribution in [-0.2, 0) is 19.0 Å². The number of hydrogen-bond acceptors (Lipinski definition) is 4. The molecule has 0 aliphatic carbocycles. The van der Waals surface area contributed by atoms with E-state index in [-0.39, 0.29) is 11.4 Å². The molecule has 0 atom stereocenters. The van der Waals surface area contributed by atoms with Gasteiger partial charge in [0, 0.05) is 11.8 Å². The van der Waals surface area contributed by atoms with E-state index in [1.54, 1.807) is 0 Å². The van der Waals surface area contributed by atoms with Gasteiger partial charge >= 0.3 is 12.1 Å². The molecule has 0 spiro atoms. The Morgan fingerprint density at radius 3 is 2.46 bits per heavy atom. The van der Waals surface area contributed by atoms with Crippen LogP contribution >= 0.6 is 11.6 Å². The first-order chi connectivity index (χ1) is 11.4. The molecule has 3 aromatic rings. The molecule has 0 amide bonds. The van der Waals surface area contributed by atoms with Gasteiger partial charge in [0.25, 0.3) is 0 Å². The molecule has 0 saturated heterocycles. The third kappa shape index (κ3) is 3.73. The summed E-state index contributed by atoms with van der Waals surface area (Å²) in [5.41, 5.74) is 2.07. The maximum absolute atomic E-state index is 12.5. The van der Waals surface area contributed by atoms with E-state index in [0.29, 0.717) is 17.1 Å². The van der Waals surface area contributed by atoms with Crippen LogP contribution in [0.15, 0.2) is 47.1 Å². The predicted molar refractivity (Wildman–Crippen MR) is 81.4 cm³/mol. The molecule has 3 rings (SSSR count). The molecule has 2 aromatic heterocycles. The third-order valence-electron chi connectivity index (χ3n) is 3.34. The Kier molecular flexibility index (Phi) is 4.53. The molecule has 0 aliphatic rings. The molecule has 0 aliphatic heterocycles. The smallest absolute Gasteiger partial charge is 0.329 e. The average molecular weight is 354 g/mol. The van der Waals surface area contributed by atoms with E-state index >= 15 is 0 Å². The Hall–Kier alpha value is -2.41. The topological polar surface area (TPSA) is 51.8 Å². The quantitative estimate of drug-likeness (QED) is 0.688. The van der Waals surface area contributed by atoms with Crippen molar-refractivity contribution >= 4 is 11.6 Å². The lowest BCUT2D eigenvalue weighted by Crippen LogP contribution is -2.04. The highest BCUT2D eigenvalue weighted by Gasteiger charge is 2.38. The molecule has 0 radical (unpaired) electrons. The number of pyridine rings is 1. The molecular formula is C16H11ClF3N3O. The molecule has 8 heteroatoms. The normalized spacial score (nSPS) is 11.7. The molecule has 0 fully saturated rings. The second-order valence-electron chi connectivity index (χ2n) is 5.06. The molecule has 0 bridgehead atoms. The number of aromatic nitrogens is 3. The minimum absolute atomic E-state index is 0.202. The highest BCUT2D eigenvalue weighted by atomic mass is 35.5. The average Bonchev–Trinajstić information content (AvgIpc) is 3.05. The Morgan fingerprint density at radius 2 is 1.83 bits per heavy atom. The van der Waals surface area contributed by atoms with Gasteiger partial charge in [-0.3, -0.25) is 4.98 Å². The van der Waals surface area contributed by atoms with Crippen molar-refractivity contribution in [3.63, 3.8) is 0 Å². The first-order valence-corrected chi connectivity index (χ1v) is 7.41. The minimum Gasteiger partial charge on any atom is -0.329 e. The van der Waals surface area contributed by atoms with Crippen LogP contribution in [-0.4, -0.2) is 15.1 Å². The van der Waals surface area contributed by atoms with Crippen LogP contribution in [0.5, 0.6) is 0 Å². The second-order valence-corrected chi connectivity index (χ2v) is 5.47. The van der Waals surface area contributed by atoms with Crippen LogP contribution in [0.1, 0.15) is 17.1 Å². The van der Waals surface area contributed by atoms with Gasteiger partial charge in [0.15, 0.2) is 0 Å². The van der Waals surface area contributed by atoms with E-state index in [4.69, 9.17) is 11.6 Å². The monoisotopic (exact) mass is 353 g/mol. The van der Waals surface area contributed by atoms with E-state index in [0.717, 1.165) is 12.0 Å². The Morgan fingerprint density at radius 1 is 1.08 bits per heavy atom. The summed E-state index contributed by atoms with van der Waals surface area (Å²) in [6.45, 7) is 0. The Labute approximate surface area is 140 Å². The Bertz CT molecular complexity index is 834. The van der Waals surface area contributed by atoms with Crippen molar-refractivity contribution in [1.29, 1.82) is 0 Å². The first-order valence-electron chi connectivity index (χ1n) is 7.03. The number of halogens is 4. The van der Waals surface area contributed by atoms with E-state index < -0.39 is 12.1 Å². The lowest BCUT2D eigenvalue weighted by atomic mass is 10.1. The molecule has 0 saturated carbocycles. The van der Waals surface area contributed by atoms with Crippen LogP contribution in [0.4, 0.5) is 13.2 Å². The number of aryl methyl sites for hydroxylation is 2. The summed E-state index contributed by atoms with van der Waals surface area (Å²) in [6.07, 6.45) is -1.92. The zero-order valence-electron chi connectivity index (χ0n) is 12.2. The maximum atomic E-state index is 12.5. The summed E-state index contributed by atoms with van der Waals surface area (Å²) in [7, 11) is 0. The summed E-state index contributed by atoms with van der Waals surface area (Å²) in [5, 5.41) is 3.66. The van der Waals surface area contributed by atoms with Gasteiger partial charge in [0.1, 0.15) is 0 Å². The SMILES string of the molecule is FC(F)(F)c1nc(-c2cnc(CCc3ccccc3)c(Cl)c2)no1. The van der Waals surface area contributed by atoms with Crippen LogP contribution in [0.25, 0.3) is 11.4 Å². The summed E-state index contributed by atoms with van der Waals surface area (Å²) < 4.78 is 41.7. The largest absolute Gasteiger partial charge is 0.471 e. The summed E-state index contributed by atoms with van der Waals surface area (Å²) in [6, 6.07) is 11.3. The molecule has 1 aromatic carbocycles. The zero-order chi connectivity index (χ0) is 17.2. The van der Waals surface area contributed by atoms with Crippen molar-refractivity contribution in [1.82, 2.24) is 15.1 Å². The number of hydrogen-bond donors (Lipinski definition) is 0. The molecule has 0 N–H and O–H groups in total. The van der Waals surface area contributed by atoms with E-state index in [2.05, 4.69) is 19.6 Å². The van der Waals surface area contributed by atoms with Crippen LogP contribution in [0.2, 0.25) is 5.02 Å². The predicted octanol–water partition coefficient (Wildman–Crippen LogP) is 4.59. The number of benzene rings is 1. The third-order valence-corrected chi connectivity index (χ3v) is 3.66. The standard InChI is InChI=1S/C16H11ClF3N3O/c17-12-8-11(14-22-15(24-23-14)16(18,19)20)9-21-13(12)7-6-10-4-2-1-3-5-10/h1-5,8-9H,6-7H2. The number of nitrogens with zero attached hydrogens (tertiary/aromatic N) is 3. The van der Waals surface area contributed by atoms with Crippen molar-refractivity contribution < 1.29 is 17.7 Å². The summed E-state index contributed by atoms with van der Waals surface area (Å²) in [4.78, 5) is 7.52. The van der Waals surface area contributed by atoms with E-state index in [9.17, 15) is 13.2 Å². The maximum Gasteiger partial charge on any atom is 0.471 e. The van der Waals surface area contributed by atoms with Gasteiger partial charge in [-0.15, -0.1) is 0 Å². The van der Waals surface area contributed by atoms with Crippen molar-refractivity contribution in [3.05, 3.63) is 64.8 Å². The Balaban J connectivity index is 1.76. The molecule has 24 heavy (non-hydrogen) atoms. The fraction of sp³-hybridized carbons (Fsp3) is 0.188. The molecule has 0 unspecified atom stereocenters. The second kappa shape index (κ2) is 6.60. The number of alkyl halides is 3. The van der Waals surface area contributed by atoms with Crippen molar-refractivity contribution in [2.45, 2.75) is 19.0 Å². The van der Waals surface area contributed by atoms with Crippen LogP contribution < -0.4 is 0 Å². The van der Waals surface area contributed by atoms with E-state index in [1.807, 2.05) is 30.3 Å². The molecule has 4 nitrogen and oxygen atoms in total. The lowest BCUT2D eigenvalue weighted by molar-refractivity contribution is -0.159. The summed E-state index contributed by atoms with van der Waals surface area (Å²) >= 11 is 6.17. The van der Waals surface area contributed by atoms with Crippen LogP contribution in [0, 0.1) is 0 Å². The van der Waals surface area contributed by atoms with Gasteiger partial charge in [0.05, 0.1) is 10.7 Å². The van der Waals surface area contributed by atoms with Crippen molar-refractivity contribution in [2.75, 3.05) is 0 Å². The van der Waals surface area contributed by atoms with Crippen LogP contribution in [0.3, 0.4) is 0 Å². The zero-order valence-corrected chi connectivity index (χ0v) is 13.0. The van der Waals surface area contributed by atoms with Gasteiger partial charge in [0.2, 0.25) is 5.82 Å². The van der Waals surface area contributed by atoms with E-state index in [1.165, 1.54) is 12.3 Å². The molecule has 2 heterocycles. The van der Waals surface area contributed by atoms with Gasteiger partial charge in [-0.25, -0.2) is 0 Å². The summed E-state index contributed by atoms with van der Waals surface area (Å²) in [5.74, 6) is -1.60. The molecule has 124 valence electrons. The minimum atomic E-state index is -4.68. The van der Waals surface area contributed by atoms with Crippen molar-refractivity contribution in [2.24, 2.45) is 0 Å². The van der Waals surface area contributed by atoms with Gasteiger partial charge in [-0.1, -0.05) is 47.1 Å². The lowest BCUT2D eigenvalue weighted by Gasteiger charge is -2.05. The molecular weight excluding hydrogens is 343 g/mol. The van der Waals surface area contributed by atoms with Gasteiger partial charge in [-0.05, 0) is 24.5 Å². The van der Waals surface area contributed by atoms with Gasteiger partial charge < -0.3 is 4.52 Å². The fourth-order valence-corrected chi connectivity index (χ4v) is 2.40. The highest BCUT2D eigenvalue weighted by Crippen LogP contribution is 2.30. The highest BCUT2D eigenvalue weighted by molar-refractivity contribution is 6.31. The first kappa shape index (κ1) is 16.4. The van der Waals surface area contributed by atoms with Crippen molar-refractivity contribution in [3.8, 4) is 11.4 Å². The number of rotatable bonds is 4.